The molecule has 2 nitrogen and oxygen atoms in total. The molecule has 1 amide bonds. The van der Waals surface area contributed by atoms with Gasteiger partial charge in [0.05, 0.1) is 0 Å². The van der Waals surface area contributed by atoms with Gasteiger partial charge in [-0.2, -0.15) is 0 Å². The molecule has 0 aromatic rings. The van der Waals surface area contributed by atoms with Gasteiger partial charge in [0.15, 0.2) is 0 Å². The summed E-state index contributed by atoms with van der Waals surface area (Å²) in [6, 6.07) is 0. The van der Waals surface area contributed by atoms with E-state index in [9.17, 15) is 4.79 Å². The van der Waals surface area contributed by atoms with E-state index < -0.39 is 0 Å². The third-order valence-corrected chi connectivity index (χ3v) is 1.66. The molecule has 0 spiro atoms. The fraction of sp³-hybridized carbons (Fsp3) is 0.571. The lowest BCUT2D eigenvalue weighted by atomic mass is 10.1. The summed E-state index contributed by atoms with van der Waals surface area (Å²) in [5.41, 5.74) is 0.867. The second-order valence-electron chi connectivity index (χ2n) is 2.40. The average Bonchev–Trinajstić information content (AvgIpc) is 2.10. The van der Waals surface area contributed by atoms with Gasteiger partial charge in [0, 0.05) is 11.6 Å². The van der Waals surface area contributed by atoms with Crippen molar-refractivity contribution in [1.82, 2.24) is 5.32 Å². The molecule has 1 aliphatic rings. The van der Waals surface area contributed by atoms with Crippen LogP contribution in [0.15, 0.2) is 12.3 Å². The van der Waals surface area contributed by atoms with Crippen LogP contribution in [0.1, 0.15) is 19.8 Å². The first-order valence-electron chi connectivity index (χ1n) is 3.22. The topological polar surface area (TPSA) is 29.1 Å². The van der Waals surface area contributed by atoms with E-state index in [1.807, 2.05) is 6.92 Å². The smallest absolute Gasteiger partial charge is 0.227 e. The molecule has 0 saturated carbocycles. The maximum absolute atomic E-state index is 10.8. The third-order valence-electron chi connectivity index (χ3n) is 1.66. The molecule has 1 atom stereocenters. The number of carbonyl (C=O) groups excluding carboxylic acids is 1. The Balaban J connectivity index is 2.58. The van der Waals surface area contributed by atoms with Crippen LogP contribution < -0.4 is 5.32 Å². The van der Waals surface area contributed by atoms with Gasteiger partial charge in [-0.3, -0.25) is 4.79 Å². The maximum atomic E-state index is 10.8. The molecule has 0 aromatic carbocycles. The summed E-state index contributed by atoms with van der Waals surface area (Å²) in [5, 5.41) is 2.68. The van der Waals surface area contributed by atoms with Crippen molar-refractivity contribution in [2.45, 2.75) is 19.8 Å². The largest absolute Gasteiger partial charge is 0.330 e. The number of hydrogen-bond acceptors (Lipinski definition) is 1. The molecule has 1 rings (SSSR count). The Morgan fingerprint density at radius 2 is 2.56 bits per heavy atom. The second-order valence-corrected chi connectivity index (χ2v) is 2.40. The maximum Gasteiger partial charge on any atom is 0.227 e. The van der Waals surface area contributed by atoms with Crippen LogP contribution in [0.5, 0.6) is 0 Å². The minimum absolute atomic E-state index is 0.141. The lowest BCUT2D eigenvalue weighted by Gasteiger charge is -1.96. The molecule has 50 valence electrons. The zero-order valence-electron chi connectivity index (χ0n) is 5.61. The molecule has 9 heavy (non-hydrogen) atoms. The van der Waals surface area contributed by atoms with E-state index in [1.54, 1.807) is 0 Å². The Hall–Kier alpha value is -0.790. The summed E-state index contributed by atoms with van der Waals surface area (Å²) in [6.45, 7) is 5.69. The van der Waals surface area contributed by atoms with E-state index >= 15 is 0 Å². The quantitative estimate of drug-likeness (QED) is 0.557. The van der Waals surface area contributed by atoms with Crippen molar-refractivity contribution < 1.29 is 4.79 Å². The number of allylic oxidation sites excluding steroid dienone is 1. The highest BCUT2D eigenvalue weighted by Crippen LogP contribution is 2.18. The van der Waals surface area contributed by atoms with Crippen molar-refractivity contribution in [3.05, 3.63) is 12.3 Å². The Morgan fingerprint density at radius 1 is 1.89 bits per heavy atom. The molecule has 1 unspecified atom stereocenters. The predicted octanol–water partition coefficient (Wildman–Crippen LogP) is 1.05. The van der Waals surface area contributed by atoms with E-state index in [4.69, 9.17) is 0 Å². The van der Waals surface area contributed by atoms with Gasteiger partial charge in [-0.05, 0) is 12.8 Å². The van der Waals surface area contributed by atoms with Crippen LogP contribution in [0.25, 0.3) is 0 Å². The van der Waals surface area contributed by atoms with E-state index in [0.29, 0.717) is 0 Å². The van der Waals surface area contributed by atoms with Crippen LogP contribution in [0, 0.1) is 5.92 Å². The van der Waals surface area contributed by atoms with E-state index in [2.05, 4.69) is 11.9 Å². The molecule has 0 radical (unpaired) electrons. The molecule has 1 fully saturated rings. The van der Waals surface area contributed by atoms with Crippen molar-refractivity contribution in [3.8, 4) is 0 Å². The minimum Gasteiger partial charge on any atom is -0.330 e. The van der Waals surface area contributed by atoms with Crippen molar-refractivity contribution in [2.24, 2.45) is 5.92 Å². The number of carbonyl (C=O) groups is 1. The average molecular weight is 125 g/mol. The van der Waals surface area contributed by atoms with E-state index in [-0.39, 0.29) is 11.8 Å². The molecule has 0 aliphatic carbocycles. The Morgan fingerprint density at radius 3 is 2.78 bits per heavy atom. The van der Waals surface area contributed by atoms with Gasteiger partial charge < -0.3 is 5.32 Å². The molecule has 2 heteroatoms. The molecule has 1 N–H and O–H groups in total. The fourth-order valence-electron chi connectivity index (χ4n) is 1.05. The summed E-state index contributed by atoms with van der Waals surface area (Å²) in [6.07, 6.45) is 1.75. The molecule has 1 aliphatic heterocycles. The van der Waals surface area contributed by atoms with Gasteiger partial charge in [-0.15, -0.1) is 0 Å². The van der Waals surface area contributed by atoms with Crippen LogP contribution in [0.3, 0.4) is 0 Å². The Kier molecular flexibility index (Phi) is 1.56. The lowest BCUT2D eigenvalue weighted by molar-refractivity contribution is -0.122. The highest BCUT2D eigenvalue weighted by atomic mass is 16.2. The van der Waals surface area contributed by atoms with Gasteiger partial charge in [0.2, 0.25) is 5.91 Å². The number of nitrogens with one attached hydrogen (secondary N) is 1. The Labute approximate surface area is 54.9 Å². The molecule has 0 bridgehead atoms. The first-order valence-corrected chi connectivity index (χ1v) is 3.22. The minimum atomic E-state index is 0.141. The molecular weight excluding hydrogens is 114 g/mol. The summed E-state index contributed by atoms with van der Waals surface area (Å²) >= 11 is 0. The van der Waals surface area contributed by atoms with Crippen LogP contribution in [-0.4, -0.2) is 5.91 Å². The highest BCUT2D eigenvalue weighted by molar-refractivity contribution is 5.83. The van der Waals surface area contributed by atoms with E-state index in [1.165, 1.54) is 0 Å². The number of amides is 1. The highest BCUT2D eigenvalue weighted by Gasteiger charge is 2.24. The standard InChI is InChI=1S/C7H11NO/c1-3-6-4-5(2)8-7(6)9/h6H,2-4H2,1H3,(H,8,9). The number of hydrogen-bond donors (Lipinski definition) is 1. The van der Waals surface area contributed by atoms with Gasteiger partial charge >= 0.3 is 0 Å². The molecule has 1 saturated heterocycles. The first-order chi connectivity index (χ1) is 4.24. The summed E-state index contributed by atoms with van der Waals surface area (Å²) in [7, 11) is 0. The van der Waals surface area contributed by atoms with Crippen LogP contribution in [0.2, 0.25) is 0 Å². The molecule has 0 aromatic heterocycles. The van der Waals surface area contributed by atoms with Gasteiger partial charge in [-0.1, -0.05) is 13.5 Å². The van der Waals surface area contributed by atoms with Crippen LogP contribution >= 0.6 is 0 Å². The summed E-state index contributed by atoms with van der Waals surface area (Å²) < 4.78 is 0. The van der Waals surface area contributed by atoms with Crippen molar-refractivity contribution >= 4 is 5.91 Å². The van der Waals surface area contributed by atoms with E-state index in [0.717, 1.165) is 18.5 Å². The normalized spacial score (nSPS) is 26.6. The Bertz CT molecular complexity index is 151. The SMILES string of the molecule is C=C1CC(CC)C(=O)N1. The van der Waals surface area contributed by atoms with Crippen LogP contribution in [0.4, 0.5) is 0 Å². The predicted molar refractivity (Wildman–Crippen MR) is 35.7 cm³/mol. The van der Waals surface area contributed by atoms with Gasteiger partial charge in [0.1, 0.15) is 0 Å². The van der Waals surface area contributed by atoms with Crippen LogP contribution in [-0.2, 0) is 4.79 Å². The zero-order valence-corrected chi connectivity index (χ0v) is 5.61. The number of rotatable bonds is 1. The van der Waals surface area contributed by atoms with Crippen molar-refractivity contribution in [3.63, 3.8) is 0 Å². The lowest BCUT2D eigenvalue weighted by Crippen LogP contribution is -2.17. The first kappa shape index (κ1) is 6.33. The van der Waals surface area contributed by atoms with Crippen molar-refractivity contribution in [2.75, 3.05) is 0 Å². The summed E-state index contributed by atoms with van der Waals surface area (Å²) in [4.78, 5) is 10.8. The fourth-order valence-corrected chi connectivity index (χ4v) is 1.05. The van der Waals surface area contributed by atoms with Crippen molar-refractivity contribution in [1.29, 1.82) is 0 Å². The zero-order chi connectivity index (χ0) is 6.85. The second kappa shape index (κ2) is 2.21. The molecular formula is C7H11NO. The third kappa shape index (κ3) is 1.12. The van der Waals surface area contributed by atoms with Gasteiger partial charge in [0.25, 0.3) is 0 Å². The molecule has 1 heterocycles. The summed E-state index contributed by atoms with van der Waals surface area (Å²) in [5.74, 6) is 0.333. The monoisotopic (exact) mass is 125 g/mol. The van der Waals surface area contributed by atoms with Gasteiger partial charge in [-0.25, -0.2) is 0 Å².